The molecule has 1 fully saturated rings. The topological polar surface area (TPSA) is 72.8 Å². The first kappa shape index (κ1) is 28.7. The first-order chi connectivity index (χ1) is 18.5. The Kier molecular flexibility index (Phi) is 11.1. The summed E-state index contributed by atoms with van der Waals surface area (Å²) >= 11 is 14.0. The lowest BCUT2D eigenvalue weighted by Gasteiger charge is -2.36. The number of anilines is 1. The second-order valence-electron chi connectivity index (χ2n) is 8.96. The number of rotatable bonds is 11. The van der Waals surface area contributed by atoms with E-state index >= 15 is 0 Å². The Labute approximate surface area is 238 Å². The van der Waals surface area contributed by atoms with Crippen LogP contribution in [0.15, 0.2) is 41.4 Å². The highest BCUT2D eigenvalue weighted by Gasteiger charge is 2.19. The summed E-state index contributed by atoms with van der Waals surface area (Å²) in [5.41, 5.74) is 2.98. The molecule has 2 heterocycles. The SMILES string of the molecule is CSCOC(=O)OCOC1=Nc2cc(OCCCCN3CCN(c4cccc(Cl)c4Cl)CC3)ccc2CC1. The van der Waals surface area contributed by atoms with E-state index < -0.39 is 6.16 Å². The summed E-state index contributed by atoms with van der Waals surface area (Å²) in [5, 5.41) is 1.23. The van der Waals surface area contributed by atoms with Crippen LogP contribution in [-0.4, -0.2) is 75.3 Å². The fourth-order valence-electron chi connectivity index (χ4n) is 4.36. The first-order valence-electron chi connectivity index (χ1n) is 12.7. The van der Waals surface area contributed by atoms with Gasteiger partial charge in [0.05, 0.1) is 28.0 Å². The highest BCUT2D eigenvalue weighted by atomic mass is 35.5. The van der Waals surface area contributed by atoms with Crippen LogP contribution in [0.4, 0.5) is 16.2 Å². The van der Waals surface area contributed by atoms with Crippen molar-refractivity contribution >= 4 is 58.4 Å². The second kappa shape index (κ2) is 14.7. The van der Waals surface area contributed by atoms with E-state index in [1.807, 2.05) is 42.7 Å². The number of carbonyl (C=O) groups excluding carboxylic acids is 1. The number of thioether (sulfide) groups is 1. The van der Waals surface area contributed by atoms with Crippen molar-refractivity contribution in [2.75, 3.05) is 63.2 Å². The Morgan fingerprint density at radius 3 is 2.68 bits per heavy atom. The Balaban J connectivity index is 1.14. The molecule has 2 aromatic carbocycles. The van der Waals surface area contributed by atoms with Crippen LogP contribution in [0.2, 0.25) is 10.0 Å². The van der Waals surface area contributed by atoms with Gasteiger partial charge in [0.1, 0.15) is 11.7 Å². The van der Waals surface area contributed by atoms with Crippen molar-refractivity contribution in [3.63, 3.8) is 0 Å². The van der Waals surface area contributed by atoms with E-state index in [0.29, 0.717) is 29.0 Å². The Bertz CT molecular complexity index is 1110. The summed E-state index contributed by atoms with van der Waals surface area (Å²) in [4.78, 5) is 20.7. The fraction of sp³-hybridized carbons (Fsp3) is 0.481. The van der Waals surface area contributed by atoms with Crippen LogP contribution in [-0.2, 0) is 20.6 Å². The van der Waals surface area contributed by atoms with Crippen LogP contribution in [0, 0.1) is 0 Å². The molecule has 11 heteroatoms. The highest BCUT2D eigenvalue weighted by molar-refractivity contribution is 7.98. The maximum Gasteiger partial charge on any atom is 0.512 e. The molecule has 2 aromatic rings. The van der Waals surface area contributed by atoms with Gasteiger partial charge in [-0.25, -0.2) is 9.79 Å². The number of hydrogen-bond donors (Lipinski definition) is 0. The van der Waals surface area contributed by atoms with Gasteiger partial charge in [-0.3, -0.25) is 4.90 Å². The fourth-order valence-corrected chi connectivity index (χ4v) is 4.99. The van der Waals surface area contributed by atoms with Gasteiger partial charge in [0.25, 0.3) is 0 Å². The van der Waals surface area contributed by atoms with Gasteiger partial charge in [0.2, 0.25) is 6.79 Å². The number of halogens is 2. The summed E-state index contributed by atoms with van der Waals surface area (Å²) in [6.45, 7) is 5.35. The Morgan fingerprint density at radius 2 is 1.87 bits per heavy atom. The number of benzene rings is 2. The molecule has 0 radical (unpaired) electrons. The number of aliphatic imine (C=N–C) groups is 1. The zero-order chi connectivity index (χ0) is 26.7. The third-order valence-corrected chi connectivity index (χ3v) is 7.55. The summed E-state index contributed by atoms with van der Waals surface area (Å²) in [7, 11) is 0. The lowest BCUT2D eigenvalue weighted by Crippen LogP contribution is -2.46. The number of fused-ring (bicyclic) bond motifs is 1. The van der Waals surface area contributed by atoms with E-state index in [9.17, 15) is 4.79 Å². The molecule has 206 valence electrons. The van der Waals surface area contributed by atoms with Gasteiger partial charge in [0, 0.05) is 38.7 Å². The van der Waals surface area contributed by atoms with Crippen molar-refractivity contribution in [1.29, 1.82) is 0 Å². The minimum absolute atomic E-state index is 0.221. The van der Waals surface area contributed by atoms with Crippen LogP contribution in [0.1, 0.15) is 24.8 Å². The van der Waals surface area contributed by atoms with Crippen LogP contribution >= 0.6 is 35.0 Å². The van der Waals surface area contributed by atoms with E-state index in [2.05, 4.69) is 14.8 Å². The van der Waals surface area contributed by atoms with Crippen molar-refractivity contribution in [3.8, 4) is 5.75 Å². The van der Waals surface area contributed by atoms with Gasteiger partial charge in [0.15, 0.2) is 5.90 Å². The Morgan fingerprint density at radius 1 is 1.03 bits per heavy atom. The predicted molar refractivity (Wildman–Crippen MR) is 154 cm³/mol. The molecule has 1 saturated heterocycles. The average molecular weight is 583 g/mol. The minimum Gasteiger partial charge on any atom is -0.494 e. The standard InChI is InChI=1S/C27H33Cl2N3O5S/c1-38-19-37-27(33)36-18-35-25-10-8-20-7-9-21(17-23(20)30-25)34-16-3-2-11-31-12-14-32(15-13-31)24-6-4-5-22(28)26(24)29/h4-7,9,17H,2-3,8,10-16,18-19H2,1H3. The molecule has 8 nitrogen and oxygen atoms in total. The summed E-state index contributed by atoms with van der Waals surface area (Å²) in [6.07, 6.45) is 4.58. The first-order valence-corrected chi connectivity index (χ1v) is 14.8. The van der Waals surface area contributed by atoms with Crippen LogP contribution in [0.5, 0.6) is 5.75 Å². The number of piperazine rings is 1. The molecule has 0 amide bonds. The monoisotopic (exact) mass is 581 g/mol. The molecule has 0 aliphatic carbocycles. The quantitative estimate of drug-likeness (QED) is 0.171. The van der Waals surface area contributed by atoms with Crippen molar-refractivity contribution in [2.45, 2.75) is 25.7 Å². The van der Waals surface area contributed by atoms with E-state index in [0.717, 1.165) is 74.7 Å². The molecule has 2 aliphatic rings. The average Bonchev–Trinajstić information content (AvgIpc) is 2.93. The number of carbonyl (C=O) groups is 1. The zero-order valence-electron chi connectivity index (χ0n) is 21.5. The Hall–Kier alpha value is -2.33. The minimum atomic E-state index is -0.753. The van der Waals surface area contributed by atoms with Gasteiger partial charge >= 0.3 is 6.16 Å². The molecule has 0 atom stereocenters. The summed E-state index contributed by atoms with van der Waals surface area (Å²) < 4.78 is 21.2. The number of aryl methyl sites for hydroxylation is 1. The van der Waals surface area contributed by atoms with Gasteiger partial charge in [-0.1, -0.05) is 35.3 Å². The van der Waals surface area contributed by atoms with Gasteiger partial charge in [-0.15, -0.1) is 11.8 Å². The van der Waals surface area contributed by atoms with Crippen LogP contribution in [0.25, 0.3) is 0 Å². The molecule has 0 bridgehead atoms. The lowest BCUT2D eigenvalue weighted by molar-refractivity contribution is 0.00641. The van der Waals surface area contributed by atoms with E-state index in [1.165, 1.54) is 11.8 Å². The number of nitrogens with zero attached hydrogens (tertiary/aromatic N) is 3. The molecule has 0 spiro atoms. The van der Waals surface area contributed by atoms with E-state index in [-0.39, 0.29) is 12.7 Å². The summed E-state index contributed by atoms with van der Waals surface area (Å²) in [6, 6.07) is 11.8. The molecule has 2 aliphatic heterocycles. The van der Waals surface area contributed by atoms with Gasteiger partial charge in [-0.05, 0) is 55.8 Å². The van der Waals surface area contributed by atoms with Crippen molar-refractivity contribution in [3.05, 3.63) is 52.0 Å². The number of hydrogen-bond acceptors (Lipinski definition) is 9. The normalized spacial score (nSPS) is 15.4. The molecule has 0 saturated carbocycles. The molecule has 0 unspecified atom stereocenters. The van der Waals surface area contributed by atoms with Crippen LogP contribution in [0.3, 0.4) is 0 Å². The van der Waals surface area contributed by atoms with Gasteiger partial charge < -0.3 is 23.8 Å². The van der Waals surface area contributed by atoms with Crippen LogP contribution < -0.4 is 9.64 Å². The van der Waals surface area contributed by atoms with E-state index in [4.69, 9.17) is 42.1 Å². The van der Waals surface area contributed by atoms with E-state index in [1.54, 1.807) is 0 Å². The molecular weight excluding hydrogens is 549 g/mol. The van der Waals surface area contributed by atoms with Crippen molar-refractivity contribution in [1.82, 2.24) is 4.90 Å². The van der Waals surface area contributed by atoms with Gasteiger partial charge in [-0.2, -0.15) is 0 Å². The third-order valence-electron chi connectivity index (χ3n) is 6.39. The zero-order valence-corrected chi connectivity index (χ0v) is 23.8. The summed E-state index contributed by atoms with van der Waals surface area (Å²) in [5.74, 6) is 1.57. The molecule has 4 rings (SSSR count). The second-order valence-corrected chi connectivity index (χ2v) is 10.6. The molecule has 0 aromatic heterocycles. The third kappa shape index (κ3) is 8.33. The smallest absolute Gasteiger partial charge is 0.494 e. The van der Waals surface area contributed by atoms with Crippen molar-refractivity contribution in [2.24, 2.45) is 4.99 Å². The molecular formula is C27H33Cl2N3O5S. The maximum absolute atomic E-state index is 11.4. The largest absolute Gasteiger partial charge is 0.512 e. The highest BCUT2D eigenvalue weighted by Crippen LogP contribution is 2.33. The maximum atomic E-state index is 11.4. The molecule has 38 heavy (non-hydrogen) atoms. The number of ether oxygens (including phenoxy) is 4. The van der Waals surface area contributed by atoms with Crippen molar-refractivity contribution < 1.29 is 23.7 Å². The lowest BCUT2D eigenvalue weighted by atomic mass is 10.0. The number of unbranched alkanes of at least 4 members (excludes halogenated alkanes) is 1. The molecule has 0 N–H and O–H groups in total. The predicted octanol–water partition coefficient (Wildman–Crippen LogP) is 6.40.